The van der Waals surface area contributed by atoms with Crippen molar-refractivity contribution in [3.8, 4) is 0 Å². The Morgan fingerprint density at radius 2 is 1.46 bits per heavy atom. The van der Waals surface area contributed by atoms with Crippen molar-refractivity contribution in [2.45, 2.75) is 81.8 Å². The first-order valence-corrected chi connectivity index (χ1v) is 10.7. The van der Waals surface area contributed by atoms with Gasteiger partial charge in [-0.05, 0) is 46.8 Å². The molecule has 1 aromatic rings. The minimum absolute atomic E-state index is 0.0915. The van der Waals surface area contributed by atoms with Crippen LogP contribution in [0, 0.1) is 6.92 Å². The van der Waals surface area contributed by atoms with Crippen molar-refractivity contribution in [2.75, 3.05) is 6.61 Å². The van der Waals surface area contributed by atoms with E-state index < -0.39 is 52.4 Å². The van der Waals surface area contributed by atoms with E-state index in [1.165, 1.54) is 12.1 Å². The molecule has 3 aliphatic rings. The molecule has 0 aromatic heterocycles. The molecule has 0 unspecified atom stereocenters. The van der Waals surface area contributed by atoms with Gasteiger partial charge in [0.25, 0.3) is 10.1 Å². The molecule has 0 amide bonds. The van der Waals surface area contributed by atoms with Gasteiger partial charge in [-0.3, -0.25) is 4.18 Å². The van der Waals surface area contributed by atoms with Crippen LogP contribution in [0.1, 0.15) is 33.3 Å². The molecule has 28 heavy (non-hydrogen) atoms. The summed E-state index contributed by atoms with van der Waals surface area (Å²) in [5.41, 5.74) is 0.961. The van der Waals surface area contributed by atoms with Crippen molar-refractivity contribution in [3.05, 3.63) is 29.8 Å². The highest BCUT2D eigenvalue weighted by Crippen LogP contribution is 2.44. The summed E-state index contributed by atoms with van der Waals surface area (Å²) < 4.78 is 60.0. The minimum atomic E-state index is -3.93. The highest BCUT2D eigenvalue weighted by molar-refractivity contribution is 7.86. The van der Waals surface area contributed by atoms with Crippen LogP contribution in [0.15, 0.2) is 29.2 Å². The van der Waals surface area contributed by atoms with Crippen LogP contribution in [0.25, 0.3) is 0 Å². The molecular formula is C19H26O8S. The second kappa shape index (κ2) is 6.73. The lowest BCUT2D eigenvalue weighted by atomic mass is 9.99. The van der Waals surface area contributed by atoms with Crippen LogP contribution < -0.4 is 0 Å². The van der Waals surface area contributed by atoms with Gasteiger partial charge >= 0.3 is 0 Å². The maximum absolute atomic E-state index is 12.5. The number of benzene rings is 1. The lowest BCUT2D eigenvalue weighted by molar-refractivity contribution is -0.238. The Kier molecular flexibility index (Phi) is 4.86. The number of hydrogen-bond acceptors (Lipinski definition) is 8. The van der Waals surface area contributed by atoms with Crippen molar-refractivity contribution in [1.29, 1.82) is 0 Å². The van der Waals surface area contributed by atoms with Gasteiger partial charge in [-0.1, -0.05) is 17.7 Å². The number of ether oxygens (including phenoxy) is 5. The summed E-state index contributed by atoms with van der Waals surface area (Å²) in [6.45, 7) is 8.83. The number of hydrogen-bond donors (Lipinski definition) is 0. The number of aryl methyl sites for hydroxylation is 1. The van der Waals surface area contributed by atoms with E-state index in [4.69, 9.17) is 27.9 Å². The molecule has 0 saturated carbocycles. The first kappa shape index (κ1) is 20.2. The number of fused-ring (bicyclic) bond motifs is 3. The molecule has 3 fully saturated rings. The van der Waals surface area contributed by atoms with Gasteiger partial charge in [0.1, 0.15) is 24.4 Å². The Balaban J connectivity index is 1.52. The van der Waals surface area contributed by atoms with Crippen molar-refractivity contribution < 1.29 is 36.3 Å². The quantitative estimate of drug-likeness (QED) is 0.692. The van der Waals surface area contributed by atoms with Crippen molar-refractivity contribution >= 4 is 10.1 Å². The van der Waals surface area contributed by atoms with Gasteiger partial charge in [0.15, 0.2) is 17.9 Å². The Morgan fingerprint density at radius 1 is 0.893 bits per heavy atom. The molecule has 3 heterocycles. The zero-order chi connectivity index (χ0) is 20.3. The first-order valence-electron chi connectivity index (χ1n) is 9.29. The smallest absolute Gasteiger partial charge is 0.297 e. The van der Waals surface area contributed by atoms with Crippen LogP contribution in [0.2, 0.25) is 0 Å². The van der Waals surface area contributed by atoms with Crippen LogP contribution in [-0.4, -0.2) is 57.3 Å². The second-order valence-electron chi connectivity index (χ2n) is 8.26. The van der Waals surface area contributed by atoms with E-state index in [0.717, 1.165) is 5.56 Å². The van der Waals surface area contributed by atoms with E-state index in [1.807, 2.05) is 6.92 Å². The number of rotatable bonds is 4. The standard InChI is InChI=1S/C19H26O8S/c1-11-6-8-12(9-7-11)28(20,21)22-10-13-14-15(25-18(2,3)24-14)16-17(23-13)27-19(4,5)26-16/h6-9,13-17H,10H2,1-5H3/t13-,14+,15-,16-,17-/m1/s1. The highest BCUT2D eigenvalue weighted by Gasteiger charge is 2.60. The van der Waals surface area contributed by atoms with Gasteiger partial charge in [0.05, 0.1) is 11.5 Å². The summed E-state index contributed by atoms with van der Waals surface area (Å²) in [7, 11) is -3.93. The fourth-order valence-electron chi connectivity index (χ4n) is 3.76. The fraction of sp³-hybridized carbons (Fsp3) is 0.684. The van der Waals surface area contributed by atoms with Crippen LogP contribution in [-0.2, 0) is 38.0 Å². The summed E-state index contributed by atoms with van der Waals surface area (Å²) in [6, 6.07) is 6.46. The van der Waals surface area contributed by atoms with Crippen LogP contribution >= 0.6 is 0 Å². The van der Waals surface area contributed by atoms with Crippen LogP contribution in [0.5, 0.6) is 0 Å². The normalized spacial score (nSPS) is 36.1. The molecule has 1 aromatic carbocycles. The average Bonchev–Trinajstić information content (AvgIpc) is 3.07. The Hall–Kier alpha value is -1.07. The molecule has 4 rings (SSSR count). The lowest BCUT2D eigenvalue weighted by Gasteiger charge is -2.36. The second-order valence-corrected chi connectivity index (χ2v) is 9.87. The molecular weight excluding hydrogens is 388 g/mol. The molecule has 0 N–H and O–H groups in total. The topological polar surface area (TPSA) is 89.5 Å². The summed E-state index contributed by atoms with van der Waals surface area (Å²) in [4.78, 5) is 0.0915. The molecule has 0 bridgehead atoms. The molecule has 5 atom stereocenters. The fourth-order valence-corrected chi connectivity index (χ4v) is 4.68. The molecule has 9 heteroatoms. The first-order chi connectivity index (χ1) is 13.0. The third-order valence-electron chi connectivity index (χ3n) is 4.95. The van der Waals surface area contributed by atoms with E-state index in [-0.39, 0.29) is 11.5 Å². The van der Waals surface area contributed by atoms with E-state index in [0.29, 0.717) is 0 Å². The average molecular weight is 414 g/mol. The molecule has 0 aliphatic carbocycles. The third kappa shape index (κ3) is 3.85. The van der Waals surface area contributed by atoms with Crippen LogP contribution in [0.3, 0.4) is 0 Å². The maximum Gasteiger partial charge on any atom is 0.297 e. The van der Waals surface area contributed by atoms with Gasteiger partial charge in [-0.2, -0.15) is 8.42 Å². The van der Waals surface area contributed by atoms with Crippen molar-refractivity contribution in [2.24, 2.45) is 0 Å². The molecule has 0 radical (unpaired) electrons. The van der Waals surface area contributed by atoms with Crippen LogP contribution in [0.4, 0.5) is 0 Å². The molecule has 3 saturated heterocycles. The Labute approximate surface area is 165 Å². The summed E-state index contributed by atoms with van der Waals surface area (Å²) in [5, 5.41) is 0. The maximum atomic E-state index is 12.5. The van der Waals surface area contributed by atoms with E-state index >= 15 is 0 Å². The predicted molar refractivity (Wildman–Crippen MR) is 96.8 cm³/mol. The summed E-state index contributed by atoms with van der Waals surface area (Å²) >= 11 is 0. The zero-order valence-electron chi connectivity index (χ0n) is 16.6. The molecule has 3 aliphatic heterocycles. The van der Waals surface area contributed by atoms with E-state index in [9.17, 15) is 8.42 Å². The molecule has 8 nitrogen and oxygen atoms in total. The van der Waals surface area contributed by atoms with E-state index in [2.05, 4.69) is 0 Å². The zero-order valence-corrected chi connectivity index (χ0v) is 17.4. The Morgan fingerprint density at radius 3 is 2.14 bits per heavy atom. The minimum Gasteiger partial charge on any atom is -0.342 e. The monoisotopic (exact) mass is 414 g/mol. The largest absolute Gasteiger partial charge is 0.342 e. The SMILES string of the molecule is Cc1ccc(S(=O)(=O)OC[C@H]2O[C@@H]3OC(C)(C)O[C@@H]3[C@@H]3OC(C)(C)O[C@H]32)cc1. The third-order valence-corrected chi connectivity index (χ3v) is 6.24. The van der Waals surface area contributed by atoms with Gasteiger partial charge in [0, 0.05) is 0 Å². The Bertz CT molecular complexity index is 832. The highest BCUT2D eigenvalue weighted by atomic mass is 32.2. The predicted octanol–water partition coefficient (Wildman–Crippen LogP) is 2.10. The molecule has 0 spiro atoms. The van der Waals surface area contributed by atoms with E-state index in [1.54, 1.807) is 39.8 Å². The van der Waals surface area contributed by atoms with Crippen molar-refractivity contribution in [1.82, 2.24) is 0 Å². The van der Waals surface area contributed by atoms with Gasteiger partial charge in [-0.15, -0.1) is 0 Å². The van der Waals surface area contributed by atoms with Crippen molar-refractivity contribution in [3.63, 3.8) is 0 Å². The van der Waals surface area contributed by atoms with Gasteiger partial charge < -0.3 is 23.7 Å². The lowest BCUT2D eigenvalue weighted by Crippen LogP contribution is -2.56. The summed E-state index contributed by atoms with van der Waals surface area (Å²) in [5.74, 6) is -1.68. The molecule has 156 valence electrons. The van der Waals surface area contributed by atoms with Gasteiger partial charge in [0.2, 0.25) is 0 Å². The summed E-state index contributed by atoms with van der Waals surface area (Å²) in [6.07, 6.45) is -2.84. The van der Waals surface area contributed by atoms with Gasteiger partial charge in [-0.25, -0.2) is 0 Å².